The lowest BCUT2D eigenvalue weighted by atomic mass is 9.88. The van der Waals surface area contributed by atoms with Gasteiger partial charge in [-0.2, -0.15) is 5.10 Å². The summed E-state index contributed by atoms with van der Waals surface area (Å²) in [6.45, 7) is 7.84. The molecule has 0 aromatic carbocycles. The molecule has 0 aliphatic heterocycles. The largest absolute Gasteiger partial charge is 0.465 e. The quantitative estimate of drug-likeness (QED) is 0.583. The summed E-state index contributed by atoms with van der Waals surface area (Å²) in [5, 5.41) is 9.18. The van der Waals surface area contributed by atoms with Crippen molar-refractivity contribution in [1.29, 1.82) is 0 Å². The van der Waals surface area contributed by atoms with Gasteiger partial charge in [0, 0.05) is 36.8 Å². The van der Waals surface area contributed by atoms with Gasteiger partial charge in [-0.3, -0.25) is 4.68 Å². The van der Waals surface area contributed by atoms with Gasteiger partial charge in [0.1, 0.15) is 5.00 Å². The first kappa shape index (κ1) is 20.8. The van der Waals surface area contributed by atoms with Crippen molar-refractivity contribution in [3.8, 4) is 0 Å². The Kier molecular flexibility index (Phi) is 6.40. The third kappa shape index (κ3) is 4.22. The number of ether oxygens (including phenoxy) is 1. The number of fused-ring (bicyclic) bond motifs is 1. The zero-order chi connectivity index (χ0) is 20.4. The van der Waals surface area contributed by atoms with Crippen LogP contribution in [-0.2, 0) is 30.7 Å². The number of methoxy groups -OCH3 is 1. The van der Waals surface area contributed by atoms with Gasteiger partial charge in [0.2, 0.25) is 0 Å². The molecular weight excluding hydrogens is 392 g/mol. The maximum Gasteiger partial charge on any atom is 0.341 e. The lowest BCUT2D eigenvalue weighted by molar-refractivity contribution is 0.0601. The van der Waals surface area contributed by atoms with E-state index in [-0.39, 0.29) is 5.97 Å². The fraction of sp³-hybridized carbons (Fsp3) is 0.550. The number of hydrogen-bond donors (Lipinski definition) is 1. The van der Waals surface area contributed by atoms with Gasteiger partial charge in [-0.05, 0) is 56.8 Å². The van der Waals surface area contributed by atoms with Crippen LogP contribution in [0.3, 0.4) is 0 Å². The van der Waals surface area contributed by atoms with Crippen molar-refractivity contribution in [3.63, 3.8) is 0 Å². The lowest BCUT2D eigenvalue weighted by Gasteiger charge is -2.20. The first-order valence-corrected chi connectivity index (χ1v) is 10.8. The summed E-state index contributed by atoms with van der Waals surface area (Å²) in [4.78, 5) is 15.7. The van der Waals surface area contributed by atoms with Crippen molar-refractivity contribution in [2.24, 2.45) is 5.92 Å². The van der Waals surface area contributed by atoms with Crippen LogP contribution < -0.4 is 5.32 Å². The van der Waals surface area contributed by atoms with Crippen LogP contribution in [0.1, 0.15) is 52.3 Å². The van der Waals surface area contributed by atoms with Crippen LogP contribution in [0.5, 0.6) is 0 Å². The minimum Gasteiger partial charge on any atom is -0.465 e. The second kappa shape index (κ2) is 8.61. The highest BCUT2D eigenvalue weighted by molar-refractivity contribution is 7.80. The van der Waals surface area contributed by atoms with E-state index in [4.69, 9.17) is 17.0 Å². The third-order valence-corrected chi connectivity index (χ3v) is 6.83. The summed E-state index contributed by atoms with van der Waals surface area (Å²) in [7, 11) is 3.38. The molecule has 1 N–H and O–H groups in total. The molecule has 0 amide bonds. The number of anilines is 1. The number of nitrogens with one attached hydrogen (secondary N) is 1. The monoisotopic (exact) mass is 420 g/mol. The fourth-order valence-corrected chi connectivity index (χ4v) is 5.18. The number of thiocarbonyl (C=S) groups is 1. The first-order chi connectivity index (χ1) is 13.3. The number of carbonyl (C=O) groups excluding carboxylic acids is 1. The van der Waals surface area contributed by atoms with Crippen molar-refractivity contribution >= 4 is 39.6 Å². The zero-order valence-electron chi connectivity index (χ0n) is 17.2. The number of carbonyl (C=O) groups is 1. The van der Waals surface area contributed by atoms with Crippen LogP contribution in [0.4, 0.5) is 5.00 Å². The van der Waals surface area contributed by atoms with Gasteiger partial charge in [0.15, 0.2) is 5.11 Å². The molecule has 0 unspecified atom stereocenters. The van der Waals surface area contributed by atoms with Crippen molar-refractivity contribution < 1.29 is 9.53 Å². The second-order valence-electron chi connectivity index (χ2n) is 7.43. The van der Waals surface area contributed by atoms with Crippen LogP contribution >= 0.6 is 23.6 Å². The van der Waals surface area contributed by atoms with Crippen LogP contribution in [0.25, 0.3) is 0 Å². The molecule has 0 saturated heterocycles. The van der Waals surface area contributed by atoms with Crippen molar-refractivity contribution in [2.75, 3.05) is 19.5 Å². The van der Waals surface area contributed by atoms with Gasteiger partial charge < -0.3 is 15.0 Å². The van der Waals surface area contributed by atoms with E-state index in [9.17, 15) is 4.79 Å². The molecular formula is C20H28N4O2S2. The molecule has 0 radical (unpaired) electrons. The average molecular weight is 421 g/mol. The SMILES string of the molecule is CCn1cc(CN(C)C(=S)Nc2sc3c(c2C(=O)OC)CC[C@@H](C)C3)c(C)n1. The van der Waals surface area contributed by atoms with Crippen molar-refractivity contribution in [1.82, 2.24) is 14.7 Å². The molecule has 1 aliphatic rings. The van der Waals surface area contributed by atoms with Crippen LogP contribution in [-0.4, -0.2) is 39.9 Å². The molecule has 1 atom stereocenters. The Balaban J connectivity index is 1.79. The molecule has 2 aromatic rings. The van der Waals surface area contributed by atoms with Gasteiger partial charge >= 0.3 is 5.97 Å². The van der Waals surface area contributed by atoms with Gasteiger partial charge in [0.25, 0.3) is 0 Å². The molecule has 0 spiro atoms. The third-order valence-electron chi connectivity index (χ3n) is 5.25. The minimum atomic E-state index is -0.292. The van der Waals surface area contributed by atoms with E-state index in [1.54, 1.807) is 11.3 Å². The molecule has 0 bridgehead atoms. The van der Waals surface area contributed by atoms with E-state index in [1.807, 2.05) is 23.6 Å². The van der Waals surface area contributed by atoms with Crippen LogP contribution in [0.15, 0.2) is 6.20 Å². The van der Waals surface area contributed by atoms with E-state index in [0.717, 1.165) is 47.6 Å². The lowest BCUT2D eigenvalue weighted by Crippen LogP contribution is -2.31. The minimum absolute atomic E-state index is 0.292. The average Bonchev–Trinajstić information content (AvgIpc) is 3.20. The molecule has 2 heterocycles. The van der Waals surface area contributed by atoms with Crippen LogP contribution in [0, 0.1) is 12.8 Å². The van der Waals surface area contributed by atoms with E-state index in [1.165, 1.54) is 12.0 Å². The van der Waals surface area contributed by atoms with E-state index in [2.05, 4.69) is 30.5 Å². The molecule has 152 valence electrons. The highest BCUT2D eigenvalue weighted by atomic mass is 32.1. The number of nitrogens with zero attached hydrogens (tertiary/aromatic N) is 3. The molecule has 3 rings (SSSR count). The van der Waals surface area contributed by atoms with E-state index in [0.29, 0.717) is 23.1 Å². The first-order valence-electron chi connectivity index (χ1n) is 9.61. The van der Waals surface area contributed by atoms with Crippen LogP contribution in [0.2, 0.25) is 0 Å². The Bertz CT molecular complexity index is 887. The normalized spacial score (nSPS) is 15.8. The molecule has 2 aromatic heterocycles. The Hall–Kier alpha value is -1.93. The summed E-state index contributed by atoms with van der Waals surface area (Å²) in [6, 6.07) is 0. The van der Waals surface area contributed by atoms with Gasteiger partial charge in [0.05, 0.1) is 18.4 Å². The van der Waals surface area contributed by atoms with Gasteiger partial charge in [-0.15, -0.1) is 11.3 Å². The molecule has 8 heteroatoms. The Labute approximate surface area is 175 Å². The maximum absolute atomic E-state index is 12.4. The number of esters is 1. The highest BCUT2D eigenvalue weighted by Crippen LogP contribution is 2.40. The summed E-state index contributed by atoms with van der Waals surface area (Å²) in [5.41, 5.74) is 3.93. The summed E-state index contributed by atoms with van der Waals surface area (Å²) in [5.74, 6) is 0.345. The fourth-order valence-electron chi connectivity index (χ4n) is 3.55. The number of hydrogen-bond acceptors (Lipinski definition) is 5. The summed E-state index contributed by atoms with van der Waals surface area (Å²) < 4.78 is 6.99. The predicted molar refractivity (Wildman–Crippen MR) is 117 cm³/mol. The highest BCUT2D eigenvalue weighted by Gasteiger charge is 2.28. The second-order valence-corrected chi connectivity index (χ2v) is 8.92. The van der Waals surface area contributed by atoms with Crippen molar-refractivity contribution in [2.45, 2.75) is 53.1 Å². The van der Waals surface area contributed by atoms with Gasteiger partial charge in [-0.25, -0.2) is 4.79 Å². The number of aromatic nitrogens is 2. The number of aryl methyl sites for hydroxylation is 2. The summed E-state index contributed by atoms with van der Waals surface area (Å²) in [6.07, 6.45) is 5.07. The standard InChI is InChI=1S/C20H28N4O2S2/c1-6-24-11-14(13(3)22-24)10-23(4)20(27)21-18-17(19(25)26-5)15-8-7-12(2)9-16(15)28-18/h11-12H,6-10H2,1-5H3,(H,21,27)/t12-/m1/s1. The zero-order valence-corrected chi connectivity index (χ0v) is 18.8. The molecule has 28 heavy (non-hydrogen) atoms. The Morgan fingerprint density at radius 3 is 2.93 bits per heavy atom. The predicted octanol–water partition coefficient (Wildman–Crippen LogP) is 4.01. The molecule has 0 saturated carbocycles. The Morgan fingerprint density at radius 2 is 2.29 bits per heavy atom. The molecule has 6 nitrogen and oxygen atoms in total. The summed E-state index contributed by atoms with van der Waals surface area (Å²) >= 11 is 7.25. The van der Waals surface area contributed by atoms with Crippen molar-refractivity contribution in [3.05, 3.63) is 33.5 Å². The molecule has 1 aliphatic carbocycles. The topological polar surface area (TPSA) is 59.4 Å². The molecule has 0 fully saturated rings. The smallest absolute Gasteiger partial charge is 0.341 e. The maximum atomic E-state index is 12.4. The number of thiophene rings is 1. The Morgan fingerprint density at radius 1 is 1.54 bits per heavy atom. The van der Waals surface area contributed by atoms with E-state index < -0.39 is 0 Å². The number of rotatable bonds is 5. The van der Waals surface area contributed by atoms with E-state index >= 15 is 0 Å². The van der Waals surface area contributed by atoms with Gasteiger partial charge in [-0.1, -0.05) is 6.92 Å².